The van der Waals surface area contributed by atoms with Gasteiger partial charge in [-0.1, -0.05) is 12.1 Å². The molecule has 0 aliphatic heterocycles. The molecule has 0 saturated carbocycles. The first kappa shape index (κ1) is 13.8. The molecule has 6 nitrogen and oxygen atoms in total. The smallest absolute Gasteiger partial charge is 0.298 e. The topological polar surface area (TPSA) is 72.6 Å². The third-order valence-corrected chi connectivity index (χ3v) is 3.33. The van der Waals surface area contributed by atoms with Gasteiger partial charge in [-0.25, -0.2) is 0 Å². The summed E-state index contributed by atoms with van der Waals surface area (Å²) >= 11 is 0. The van der Waals surface area contributed by atoms with E-state index in [2.05, 4.69) is 4.98 Å². The standard InChI is InChI=1S/C12H16N2O4S/c1-9(8-17-19(3,15)16)14(2)12-13-10-6-4-5-7-11(10)18-12/h4-7,9H,8H2,1-3H3. The van der Waals surface area contributed by atoms with Crippen molar-refractivity contribution >= 4 is 27.2 Å². The number of fused-ring (bicyclic) bond motifs is 1. The van der Waals surface area contributed by atoms with E-state index in [4.69, 9.17) is 8.60 Å². The first-order chi connectivity index (χ1) is 8.87. The van der Waals surface area contributed by atoms with Crippen molar-refractivity contribution in [2.24, 2.45) is 0 Å². The van der Waals surface area contributed by atoms with Crippen LogP contribution in [0.25, 0.3) is 11.1 Å². The first-order valence-corrected chi connectivity index (χ1v) is 7.61. The molecule has 0 spiro atoms. The number of nitrogens with zero attached hydrogens (tertiary/aromatic N) is 2. The van der Waals surface area contributed by atoms with Gasteiger partial charge in [0.25, 0.3) is 16.1 Å². The van der Waals surface area contributed by atoms with Crippen LogP contribution in [0.4, 0.5) is 6.01 Å². The number of hydrogen-bond acceptors (Lipinski definition) is 6. The third kappa shape index (κ3) is 3.45. The Morgan fingerprint density at radius 3 is 2.74 bits per heavy atom. The lowest BCUT2D eigenvalue weighted by atomic mass is 10.3. The minimum atomic E-state index is -3.44. The maximum absolute atomic E-state index is 11.0. The van der Waals surface area contributed by atoms with Gasteiger partial charge in [0.15, 0.2) is 5.58 Å². The van der Waals surface area contributed by atoms with E-state index < -0.39 is 10.1 Å². The molecular weight excluding hydrogens is 268 g/mol. The van der Waals surface area contributed by atoms with Crippen molar-refractivity contribution in [2.75, 3.05) is 24.8 Å². The Bertz CT molecular complexity index is 632. The van der Waals surface area contributed by atoms with E-state index in [0.717, 1.165) is 11.8 Å². The summed E-state index contributed by atoms with van der Waals surface area (Å²) in [6, 6.07) is 7.69. The second-order valence-corrected chi connectivity index (χ2v) is 6.06. The fourth-order valence-corrected chi connectivity index (χ4v) is 1.98. The highest BCUT2D eigenvalue weighted by Gasteiger charge is 2.17. The second-order valence-electron chi connectivity index (χ2n) is 4.41. The Morgan fingerprint density at radius 1 is 1.42 bits per heavy atom. The normalized spacial score (nSPS) is 13.6. The Hall–Kier alpha value is -1.60. The molecule has 1 aromatic heterocycles. The van der Waals surface area contributed by atoms with Gasteiger partial charge in [0, 0.05) is 7.05 Å². The SMILES string of the molecule is CC(COS(C)(=O)=O)N(C)c1nc2ccccc2o1. The Morgan fingerprint density at radius 2 is 2.11 bits per heavy atom. The van der Waals surface area contributed by atoms with E-state index in [0.29, 0.717) is 11.6 Å². The number of rotatable bonds is 5. The molecule has 0 bridgehead atoms. The number of likely N-dealkylation sites (N-methyl/N-ethyl adjacent to an activating group) is 1. The summed E-state index contributed by atoms with van der Waals surface area (Å²) in [5.41, 5.74) is 1.46. The Balaban J connectivity index is 2.12. The highest BCUT2D eigenvalue weighted by molar-refractivity contribution is 7.85. The van der Waals surface area contributed by atoms with Crippen molar-refractivity contribution in [3.05, 3.63) is 24.3 Å². The van der Waals surface area contributed by atoms with Gasteiger partial charge in [0.05, 0.1) is 18.9 Å². The molecule has 0 saturated heterocycles. The summed E-state index contributed by atoms with van der Waals surface area (Å²) in [4.78, 5) is 6.07. The zero-order valence-electron chi connectivity index (χ0n) is 11.0. The monoisotopic (exact) mass is 284 g/mol. The highest BCUT2D eigenvalue weighted by atomic mass is 32.2. The predicted molar refractivity (Wildman–Crippen MR) is 72.7 cm³/mol. The van der Waals surface area contributed by atoms with Crippen LogP contribution < -0.4 is 4.90 Å². The van der Waals surface area contributed by atoms with Crippen LogP contribution in [0, 0.1) is 0 Å². The molecule has 7 heteroatoms. The molecule has 0 radical (unpaired) electrons. The van der Waals surface area contributed by atoms with Gasteiger partial charge in [-0.3, -0.25) is 4.18 Å². The average molecular weight is 284 g/mol. The van der Waals surface area contributed by atoms with Crippen LogP contribution in [0.3, 0.4) is 0 Å². The lowest BCUT2D eigenvalue weighted by Crippen LogP contribution is -2.33. The predicted octanol–water partition coefficient (Wildman–Crippen LogP) is 1.63. The maximum atomic E-state index is 11.0. The number of anilines is 1. The van der Waals surface area contributed by atoms with Crippen molar-refractivity contribution in [1.29, 1.82) is 0 Å². The van der Waals surface area contributed by atoms with Crippen molar-refractivity contribution in [1.82, 2.24) is 4.98 Å². The minimum Gasteiger partial charge on any atom is -0.423 e. The molecule has 19 heavy (non-hydrogen) atoms. The highest BCUT2D eigenvalue weighted by Crippen LogP contribution is 2.22. The van der Waals surface area contributed by atoms with E-state index in [9.17, 15) is 8.42 Å². The molecule has 1 atom stereocenters. The van der Waals surface area contributed by atoms with Crippen LogP contribution in [0.15, 0.2) is 28.7 Å². The van der Waals surface area contributed by atoms with Gasteiger partial charge in [-0.15, -0.1) is 0 Å². The molecule has 0 aliphatic carbocycles. The molecule has 1 heterocycles. The van der Waals surface area contributed by atoms with Crippen molar-refractivity contribution in [3.63, 3.8) is 0 Å². The molecule has 0 fully saturated rings. The molecule has 2 aromatic rings. The van der Waals surface area contributed by atoms with Crippen molar-refractivity contribution in [3.8, 4) is 0 Å². The fourth-order valence-electron chi connectivity index (χ4n) is 1.53. The zero-order valence-corrected chi connectivity index (χ0v) is 11.8. The van der Waals surface area contributed by atoms with E-state index in [1.165, 1.54) is 0 Å². The van der Waals surface area contributed by atoms with Gasteiger partial charge in [0.1, 0.15) is 5.52 Å². The van der Waals surface area contributed by atoms with Crippen molar-refractivity contribution in [2.45, 2.75) is 13.0 Å². The molecule has 2 rings (SSSR count). The molecule has 1 aromatic carbocycles. The van der Waals surface area contributed by atoms with Crippen LogP contribution in [-0.4, -0.2) is 39.4 Å². The van der Waals surface area contributed by atoms with Gasteiger partial charge in [0.2, 0.25) is 0 Å². The minimum absolute atomic E-state index is 0.0497. The number of aromatic nitrogens is 1. The molecule has 0 N–H and O–H groups in total. The summed E-state index contributed by atoms with van der Waals surface area (Å²) in [7, 11) is -1.66. The second kappa shape index (κ2) is 5.18. The first-order valence-electron chi connectivity index (χ1n) is 5.79. The van der Waals surface area contributed by atoms with Gasteiger partial charge in [-0.2, -0.15) is 13.4 Å². The van der Waals surface area contributed by atoms with Crippen LogP contribution in [0.1, 0.15) is 6.92 Å². The van der Waals surface area contributed by atoms with Crippen LogP contribution in [0.2, 0.25) is 0 Å². The zero-order chi connectivity index (χ0) is 14.0. The number of para-hydroxylation sites is 2. The maximum Gasteiger partial charge on any atom is 0.298 e. The van der Waals surface area contributed by atoms with E-state index in [1.54, 1.807) is 11.9 Å². The number of oxazole rings is 1. The van der Waals surface area contributed by atoms with Crippen LogP contribution in [-0.2, 0) is 14.3 Å². The van der Waals surface area contributed by atoms with E-state index in [-0.39, 0.29) is 12.6 Å². The fraction of sp³-hybridized carbons (Fsp3) is 0.417. The number of benzene rings is 1. The average Bonchev–Trinajstić information content (AvgIpc) is 2.77. The van der Waals surface area contributed by atoms with E-state index in [1.807, 2.05) is 31.2 Å². The van der Waals surface area contributed by atoms with Gasteiger partial charge >= 0.3 is 0 Å². The lowest BCUT2D eigenvalue weighted by Gasteiger charge is -2.22. The van der Waals surface area contributed by atoms with Gasteiger partial charge in [-0.05, 0) is 19.1 Å². The summed E-state index contributed by atoms with van der Waals surface area (Å²) in [5, 5.41) is 0. The van der Waals surface area contributed by atoms with E-state index >= 15 is 0 Å². The third-order valence-electron chi connectivity index (χ3n) is 2.77. The summed E-state index contributed by atoms with van der Waals surface area (Å²) < 4.78 is 32.3. The molecule has 0 aliphatic rings. The van der Waals surface area contributed by atoms with Gasteiger partial charge < -0.3 is 9.32 Å². The summed E-state index contributed by atoms with van der Waals surface area (Å²) in [6.45, 7) is 1.88. The quantitative estimate of drug-likeness (QED) is 0.777. The van der Waals surface area contributed by atoms with Crippen LogP contribution >= 0.6 is 0 Å². The Kier molecular flexibility index (Phi) is 3.77. The van der Waals surface area contributed by atoms with Crippen LogP contribution in [0.5, 0.6) is 0 Å². The summed E-state index contributed by atoms with van der Waals surface area (Å²) in [6.07, 6.45) is 1.03. The van der Waals surface area contributed by atoms with Crippen molar-refractivity contribution < 1.29 is 17.0 Å². The number of hydrogen-bond donors (Lipinski definition) is 0. The molecular formula is C12H16N2O4S. The molecule has 1 unspecified atom stereocenters. The Labute approximate surface area is 112 Å². The summed E-state index contributed by atoms with van der Waals surface area (Å²) in [5.74, 6) is 0. The lowest BCUT2D eigenvalue weighted by molar-refractivity contribution is 0.294. The largest absolute Gasteiger partial charge is 0.423 e. The molecule has 0 amide bonds. The molecule has 104 valence electrons.